The number of para-hydroxylation sites is 2. The van der Waals surface area contributed by atoms with Gasteiger partial charge in [0.2, 0.25) is 0 Å². The zero-order valence-electron chi connectivity index (χ0n) is 15.0. The van der Waals surface area contributed by atoms with Crippen molar-refractivity contribution < 1.29 is 14.2 Å². The summed E-state index contributed by atoms with van der Waals surface area (Å²) in [7, 11) is 0. The van der Waals surface area contributed by atoms with Crippen molar-refractivity contribution in [3.05, 3.63) is 35.8 Å². The lowest BCUT2D eigenvalue weighted by Gasteiger charge is -2.35. The van der Waals surface area contributed by atoms with Crippen molar-refractivity contribution in [1.82, 2.24) is 0 Å². The SMILES string of the molecule is CCCCC12CC(C#N)C(CCCC)(O1)C1=C2Oc2ccccc2O1. The van der Waals surface area contributed by atoms with Crippen molar-refractivity contribution in [1.29, 1.82) is 5.26 Å². The van der Waals surface area contributed by atoms with Gasteiger partial charge >= 0.3 is 0 Å². The first-order chi connectivity index (χ1) is 12.2. The number of nitrogens with zero attached hydrogens (tertiary/aromatic N) is 1. The Morgan fingerprint density at radius 3 is 2.32 bits per heavy atom. The van der Waals surface area contributed by atoms with Crippen molar-refractivity contribution >= 4 is 0 Å². The van der Waals surface area contributed by atoms with Crippen LogP contribution in [0.4, 0.5) is 0 Å². The molecule has 4 heteroatoms. The lowest BCUT2D eigenvalue weighted by molar-refractivity contribution is -0.0703. The van der Waals surface area contributed by atoms with Crippen LogP contribution >= 0.6 is 0 Å². The molecular formula is C21H25NO3. The van der Waals surface area contributed by atoms with E-state index in [0.29, 0.717) is 6.42 Å². The normalized spacial score (nSPS) is 31.8. The van der Waals surface area contributed by atoms with Crippen LogP contribution in [-0.4, -0.2) is 11.2 Å². The Morgan fingerprint density at radius 1 is 1.04 bits per heavy atom. The molecule has 0 radical (unpaired) electrons. The molecule has 4 rings (SSSR count). The maximum Gasteiger partial charge on any atom is 0.179 e. The van der Waals surface area contributed by atoms with Gasteiger partial charge in [-0.1, -0.05) is 51.7 Å². The molecule has 1 aromatic carbocycles. The van der Waals surface area contributed by atoms with Gasteiger partial charge in [0.25, 0.3) is 0 Å². The molecule has 3 unspecified atom stereocenters. The third-order valence-corrected chi connectivity index (χ3v) is 5.74. The van der Waals surface area contributed by atoms with E-state index in [9.17, 15) is 5.26 Å². The van der Waals surface area contributed by atoms with E-state index in [-0.39, 0.29) is 5.92 Å². The van der Waals surface area contributed by atoms with Gasteiger partial charge in [0.15, 0.2) is 23.0 Å². The Balaban J connectivity index is 1.79. The Hall–Kier alpha value is -1.99. The maximum absolute atomic E-state index is 9.83. The van der Waals surface area contributed by atoms with E-state index in [1.54, 1.807) is 0 Å². The number of benzene rings is 1. The minimum Gasteiger partial charge on any atom is -0.451 e. The molecule has 1 fully saturated rings. The molecule has 0 spiro atoms. The third kappa shape index (κ3) is 2.29. The Kier molecular flexibility index (Phi) is 4.00. The monoisotopic (exact) mass is 339 g/mol. The van der Waals surface area contributed by atoms with Crippen LogP contribution in [0.1, 0.15) is 58.8 Å². The molecule has 0 aliphatic carbocycles. The quantitative estimate of drug-likeness (QED) is 0.723. The fourth-order valence-electron chi connectivity index (χ4n) is 4.47. The molecule has 4 nitrogen and oxygen atoms in total. The molecule has 3 heterocycles. The fourth-order valence-corrected chi connectivity index (χ4v) is 4.47. The number of rotatable bonds is 6. The van der Waals surface area contributed by atoms with E-state index in [1.807, 2.05) is 24.3 Å². The van der Waals surface area contributed by atoms with E-state index in [0.717, 1.165) is 61.5 Å². The van der Waals surface area contributed by atoms with Crippen LogP contribution < -0.4 is 9.47 Å². The summed E-state index contributed by atoms with van der Waals surface area (Å²) in [4.78, 5) is 0. The predicted octanol–water partition coefficient (Wildman–Crippen LogP) is 5.10. The van der Waals surface area contributed by atoms with Crippen LogP contribution in [0.2, 0.25) is 0 Å². The highest BCUT2D eigenvalue weighted by atomic mass is 16.6. The minimum absolute atomic E-state index is 0.177. The molecule has 3 aliphatic rings. The molecule has 2 bridgehead atoms. The number of hydrogen-bond donors (Lipinski definition) is 0. The Bertz CT molecular complexity index is 750. The summed E-state index contributed by atoms with van der Waals surface area (Å²) >= 11 is 0. The van der Waals surface area contributed by atoms with Gasteiger partial charge < -0.3 is 14.2 Å². The zero-order chi connectivity index (χ0) is 17.5. The first-order valence-corrected chi connectivity index (χ1v) is 9.49. The largest absolute Gasteiger partial charge is 0.451 e. The highest BCUT2D eigenvalue weighted by molar-refractivity contribution is 5.51. The molecule has 0 amide bonds. The smallest absolute Gasteiger partial charge is 0.179 e. The molecule has 132 valence electrons. The van der Waals surface area contributed by atoms with E-state index in [1.165, 1.54) is 0 Å². The second-order valence-electron chi connectivity index (χ2n) is 7.39. The highest BCUT2D eigenvalue weighted by Crippen LogP contribution is 2.62. The van der Waals surface area contributed by atoms with Crippen LogP contribution in [0.25, 0.3) is 0 Å². The standard InChI is InChI=1S/C21H25NO3/c1-3-5-11-20-13-15(14-22)21(25-20,12-6-4-2)19-18(20)23-16-9-7-8-10-17(16)24-19/h7-10,15H,3-6,11-13H2,1-2H3. The maximum atomic E-state index is 9.83. The van der Waals surface area contributed by atoms with Crippen molar-refractivity contribution in [2.45, 2.75) is 70.0 Å². The number of fused-ring (bicyclic) bond motifs is 5. The predicted molar refractivity (Wildman–Crippen MR) is 94.0 cm³/mol. The molecule has 0 saturated carbocycles. The second kappa shape index (κ2) is 6.07. The summed E-state index contributed by atoms with van der Waals surface area (Å²) in [5, 5.41) is 9.83. The van der Waals surface area contributed by atoms with Crippen molar-refractivity contribution in [3.63, 3.8) is 0 Å². The van der Waals surface area contributed by atoms with Gasteiger partial charge in [-0.05, 0) is 25.0 Å². The minimum atomic E-state index is -0.651. The van der Waals surface area contributed by atoms with Gasteiger partial charge in [-0.3, -0.25) is 0 Å². The van der Waals surface area contributed by atoms with Crippen LogP contribution in [-0.2, 0) is 4.74 Å². The van der Waals surface area contributed by atoms with Gasteiger partial charge in [-0.25, -0.2) is 0 Å². The van der Waals surface area contributed by atoms with Crippen LogP contribution in [0, 0.1) is 17.2 Å². The molecular weight excluding hydrogens is 314 g/mol. The lowest BCUT2D eigenvalue weighted by Crippen LogP contribution is -2.40. The number of unbranched alkanes of at least 4 members (excludes halogenated alkanes) is 2. The zero-order valence-corrected chi connectivity index (χ0v) is 15.0. The molecule has 0 aromatic heterocycles. The average molecular weight is 339 g/mol. The first kappa shape index (κ1) is 16.5. The van der Waals surface area contributed by atoms with Gasteiger partial charge in [-0.2, -0.15) is 5.26 Å². The van der Waals surface area contributed by atoms with Crippen LogP contribution in [0.3, 0.4) is 0 Å². The lowest BCUT2D eigenvalue weighted by atomic mass is 9.73. The van der Waals surface area contributed by atoms with Crippen LogP contribution in [0.15, 0.2) is 35.8 Å². The first-order valence-electron chi connectivity index (χ1n) is 9.49. The molecule has 1 aromatic rings. The van der Waals surface area contributed by atoms with Gasteiger partial charge in [-0.15, -0.1) is 0 Å². The van der Waals surface area contributed by atoms with E-state index < -0.39 is 11.2 Å². The third-order valence-electron chi connectivity index (χ3n) is 5.74. The summed E-state index contributed by atoms with van der Waals surface area (Å²) in [5.74, 6) is 2.86. The van der Waals surface area contributed by atoms with Gasteiger partial charge in [0.1, 0.15) is 11.2 Å². The Labute approximate surface area is 149 Å². The summed E-state index contributed by atoms with van der Waals surface area (Å²) in [5.41, 5.74) is -1.16. The summed E-state index contributed by atoms with van der Waals surface area (Å²) in [6.07, 6.45) is 6.58. The number of hydrogen-bond acceptors (Lipinski definition) is 4. The highest BCUT2D eigenvalue weighted by Gasteiger charge is 2.69. The number of nitriles is 1. The summed E-state index contributed by atoms with van der Waals surface area (Å²) in [6, 6.07) is 10.2. The number of ether oxygens (including phenoxy) is 3. The molecule has 25 heavy (non-hydrogen) atoms. The van der Waals surface area contributed by atoms with E-state index in [2.05, 4.69) is 19.9 Å². The van der Waals surface area contributed by atoms with E-state index >= 15 is 0 Å². The Morgan fingerprint density at radius 2 is 1.68 bits per heavy atom. The van der Waals surface area contributed by atoms with Gasteiger partial charge in [0, 0.05) is 6.42 Å². The molecule has 0 N–H and O–H groups in total. The summed E-state index contributed by atoms with van der Waals surface area (Å²) in [6.45, 7) is 4.34. The van der Waals surface area contributed by atoms with Crippen molar-refractivity contribution in [3.8, 4) is 17.6 Å². The molecule has 1 saturated heterocycles. The van der Waals surface area contributed by atoms with E-state index in [4.69, 9.17) is 14.2 Å². The molecule has 3 aliphatic heterocycles. The van der Waals surface area contributed by atoms with Crippen LogP contribution in [0.5, 0.6) is 11.5 Å². The average Bonchev–Trinajstić information content (AvgIpc) is 3.12. The fraction of sp³-hybridized carbons (Fsp3) is 0.571. The topological polar surface area (TPSA) is 51.5 Å². The van der Waals surface area contributed by atoms with Crippen molar-refractivity contribution in [2.24, 2.45) is 5.92 Å². The second-order valence-corrected chi connectivity index (χ2v) is 7.39. The molecule has 3 atom stereocenters. The van der Waals surface area contributed by atoms with Gasteiger partial charge in [0.05, 0.1) is 12.0 Å². The summed E-state index contributed by atoms with van der Waals surface area (Å²) < 4.78 is 19.3. The van der Waals surface area contributed by atoms with Crippen molar-refractivity contribution in [2.75, 3.05) is 0 Å².